The lowest BCUT2D eigenvalue weighted by atomic mass is 9.87. The molecule has 2 heterocycles. The summed E-state index contributed by atoms with van der Waals surface area (Å²) < 4.78 is 14.6. The summed E-state index contributed by atoms with van der Waals surface area (Å²) in [5, 5.41) is 3.68. The number of aliphatic imine (C=N–C) groups is 1. The Labute approximate surface area is 166 Å². The van der Waals surface area contributed by atoms with E-state index < -0.39 is 11.4 Å². The summed E-state index contributed by atoms with van der Waals surface area (Å²) >= 11 is 0. The average molecular weight is 393 g/mol. The second-order valence-electron chi connectivity index (χ2n) is 7.29. The molecule has 1 aromatic heterocycles. The zero-order valence-electron chi connectivity index (χ0n) is 16.0. The molecule has 7 nitrogen and oxygen atoms in total. The van der Waals surface area contributed by atoms with E-state index in [0.29, 0.717) is 11.4 Å². The summed E-state index contributed by atoms with van der Waals surface area (Å²) in [6, 6.07) is 13.5. The molecule has 0 saturated carbocycles. The first kappa shape index (κ1) is 18.7. The van der Waals surface area contributed by atoms with Gasteiger partial charge in [0.25, 0.3) is 5.91 Å². The maximum Gasteiger partial charge on any atom is 0.272 e. The first-order valence-electron chi connectivity index (χ1n) is 9.08. The predicted molar refractivity (Wildman–Crippen MR) is 109 cm³/mol. The van der Waals surface area contributed by atoms with Crippen LogP contribution >= 0.6 is 0 Å². The minimum atomic E-state index is -1.15. The number of halogens is 1. The largest absolute Gasteiger partial charge is 0.369 e. The van der Waals surface area contributed by atoms with E-state index in [1.54, 1.807) is 13.0 Å². The fourth-order valence-electron chi connectivity index (χ4n) is 3.47. The van der Waals surface area contributed by atoms with E-state index in [9.17, 15) is 14.0 Å². The van der Waals surface area contributed by atoms with Gasteiger partial charge >= 0.3 is 0 Å². The van der Waals surface area contributed by atoms with Crippen LogP contribution in [-0.2, 0) is 10.3 Å². The number of para-hydroxylation sites is 1. The van der Waals surface area contributed by atoms with Gasteiger partial charge in [-0.1, -0.05) is 18.2 Å². The van der Waals surface area contributed by atoms with Crippen LogP contribution in [0.4, 0.5) is 10.1 Å². The maximum atomic E-state index is 14.6. The monoisotopic (exact) mass is 393 g/mol. The zero-order valence-corrected chi connectivity index (χ0v) is 16.0. The standard InChI is InChI=1S/C21H20FN5O2/c1-21(11-18(28)27(2)20(23)26-21)14-10-13(7-8-15(14)22)24-19(29)17-9-12-5-3-4-6-16(12)25-17/h3-10,25H,11H2,1-2H3,(H2,23,26)(H,24,29). The number of nitrogens with one attached hydrogen (secondary N) is 2. The summed E-state index contributed by atoms with van der Waals surface area (Å²) in [6.07, 6.45) is -0.0272. The molecule has 4 rings (SSSR count). The molecule has 1 unspecified atom stereocenters. The molecular formula is C21H20FN5O2. The van der Waals surface area contributed by atoms with Gasteiger partial charge in [0.2, 0.25) is 5.91 Å². The molecule has 4 N–H and O–H groups in total. The lowest BCUT2D eigenvalue weighted by Gasteiger charge is -2.34. The van der Waals surface area contributed by atoms with Crippen LogP contribution < -0.4 is 11.1 Å². The highest BCUT2D eigenvalue weighted by Crippen LogP contribution is 2.35. The Morgan fingerprint density at radius 2 is 2.03 bits per heavy atom. The summed E-state index contributed by atoms with van der Waals surface area (Å²) in [4.78, 5) is 33.5. The van der Waals surface area contributed by atoms with Gasteiger partial charge in [-0.3, -0.25) is 14.5 Å². The fraction of sp³-hybridized carbons (Fsp3) is 0.190. The van der Waals surface area contributed by atoms with E-state index in [2.05, 4.69) is 15.3 Å². The molecular weight excluding hydrogens is 373 g/mol. The second kappa shape index (κ2) is 6.73. The van der Waals surface area contributed by atoms with Crippen molar-refractivity contribution in [3.05, 3.63) is 65.6 Å². The number of fused-ring (bicyclic) bond motifs is 1. The van der Waals surface area contributed by atoms with E-state index in [0.717, 1.165) is 10.9 Å². The SMILES string of the molecule is CN1C(=O)CC(C)(c2cc(NC(=O)c3cc4ccccc4[nH]3)ccc2F)N=C1N. The van der Waals surface area contributed by atoms with Crippen LogP contribution in [0, 0.1) is 5.82 Å². The summed E-state index contributed by atoms with van der Waals surface area (Å²) in [5.74, 6) is -1.11. The van der Waals surface area contributed by atoms with Gasteiger partial charge in [0.15, 0.2) is 5.96 Å². The molecule has 2 aromatic carbocycles. The van der Waals surface area contributed by atoms with Gasteiger partial charge in [-0.15, -0.1) is 0 Å². The van der Waals surface area contributed by atoms with Crippen molar-refractivity contribution in [3.63, 3.8) is 0 Å². The Kier molecular flexibility index (Phi) is 4.34. The van der Waals surface area contributed by atoms with Crippen molar-refractivity contribution in [3.8, 4) is 0 Å². The summed E-state index contributed by atoms with van der Waals surface area (Å²) in [5.41, 5.74) is 6.49. The molecule has 0 bridgehead atoms. The molecule has 0 aliphatic carbocycles. The maximum absolute atomic E-state index is 14.6. The van der Waals surface area contributed by atoms with Crippen LogP contribution in [0.15, 0.2) is 53.5 Å². The van der Waals surface area contributed by atoms with Crippen molar-refractivity contribution >= 4 is 34.4 Å². The van der Waals surface area contributed by atoms with Gasteiger partial charge in [0.1, 0.15) is 11.5 Å². The van der Waals surface area contributed by atoms with E-state index >= 15 is 0 Å². The number of carbonyl (C=O) groups is 2. The predicted octanol–water partition coefficient (Wildman–Crippen LogP) is 2.95. The lowest BCUT2D eigenvalue weighted by Crippen LogP contribution is -2.47. The number of nitrogens with zero attached hydrogens (tertiary/aromatic N) is 2. The Hall–Kier alpha value is -3.68. The molecule has 8 heteroatoms. The zero-order chi connectivity index (χ0) is 20.8. The van der Waals surface area contributed by atoms with E-state index in [4.69, 9.17) is 5.73 Å². The highest BCUT2D eigenvalue weighted by Gasteiger charge is 2.38. The summed E-state index contributed by atoms with van der Waals surface area (Å²) in [7, 11) is 1.52. The number of anilines is 1. The van der Waals surface area contributed by atoms with Gasteiger partial charge in [0, 0.05) is 29.2 Å². The van der Waals surface area contributed by atoms with Crippen LogP contribution in [-0.4, -0.2) is 34.7 Å². The molecule has 0 saturated heterocycles. The van der Waals surface area contributed by atoms with Crippen LogP contribution in [0.5, 0.6) is 0 Å². The van der Waals surface area contributed by atoms with E-state index in [1.165, 1.54) is 30.1 Å². The van der Waals surface area contributed by atoms with Crippen molar-refractivity contribution < 1.29 is 14.0 Å². The van der Waals surface area contributed by atoms with Crippen molar-refractivity contribution in [2.75, 3.05) is 12.4 Å². The normalized spacial score (nSPS) is 19.3. The molecule has 0 fully saturated rings. The molecule has 1 atom stereocenters. The number of nitrogens with two attached hydrogens (primary N) is 1. The van der Waals surface area contributed by atoms with Gasteiger partial charge in [-0.2, -0.15) is 0 Å². The number of guanidine groups is 1. The van der Waals surface area contributed by atoms with E-state index in [-0.39, 0.29) is 29.8 Å². The van der Waals surface area contributed by atoms with Gasteiger partial charge in [-0.05, 0) is 37.3 Å². The van der Waals surface area contributed by atoms with Gasteiger partial charge in [-0.25, -0.2) is 9.38 Å². The molecule has 148 valence electrons. The number of aromatic nitrogens is 1. The first-order valence-corrected chi connectivity index (χ1v) is 9.08. The molecule has 3 aromatic rings. The highest BCUT2D eigenvalue weighted by atomic mass is 19.1. The summed E-state index contributed by atoms with van der Waals surface area (Å²) in [6.45, 7) is 1.65. The Morgan fingerprint density at radius 3 is 2.76 bits per heavy atom. The molecule has 1 aliphatic heterocycles. The topological polar surface area (TPSA) is 104 Å². The number of H-pyrrole nitrogens is 1. The minimum absolute atomic E-state index is 0.0238. The second-order valence-corrected chi connectivity index (χ2v) is 7.29. The first-order chi connectivity index (χ1) is 13.8. The third kappa shape index (κ3) is 3.33. The quantitative estimate of drug-likeness (QED) is 0.637. The van der Waals surface area contributed by atoms with Crippen LogP contribution in [0.2, 0.25) is 0 Å². The van der Waals surface area contributed by atoms with Gasteiger partial charge in [0.05, 0.1) is 12.0 Å². The van der Waals surface area contributed by atoms with Crippen molar-refractivity contribution in [2.24, 2.45) is 10.7 Å². The number of rotatable bonds is 3. The molecule has 29 heavy (non-hydrogen) atoms. The Morgan fingerprint density at radius 1 is 1.28 bits per heavy atom. The fourth-order valence-corrected chi connectivity index (χ4v) is 3.47. The number of aromatic amines is 1. The number of hydrogen-bond donors (Lipinski definition) is 3. The van der Waals surface area contributed by atoms with Crippen LogP contribution in [0.3, 0.4) is 0 Å². The average Bonchev–Trinajstić information content (AvgIpc) is 3.12. The minimum Gasteiger partial charge on any atom is -0.369 e. The lowest BCUT2D eigenvalue weighted by molar-refractivity contribution is -0.128. The van der Waals surface area contributed by atoms with Crippen LogP contribution in [0.1, 0.15) is 29.4 Å². The number of benzene rings is 2. The number of amides is 2. The molecule has 0 radical (unpaired) electrons. The smallest absolute Gasteiger partial charge is 0.272 e. The third-order valence-electron chi connectivity index (χ3n) is 5.15. The van der Waals surface area contributed by atoms with Crippen molar-refractivity contribution in [1.82, 2.24) is 9.88 Å². The van der Waals surface area contributed by atoms with Crippen molar-refractivity contribution in [1.29, 1.82) is 0 Å². The number of hydrogen-bond acceptors (Lipinski definition) is 4. The Balaban J connectivity index is 1.65. The third-order valence-corrected chi connectivity index (χ3v) is 5.15. The van der Waals surface area contributed by atoms with E-state index in [1.807, 2.05) is 24.3 Å². The molecule has 0 spiro atoms. The van der Waals surface area contributed by atoms with Gasteiger partial charge < -0.3 is 16.0 Å². The highest BCUT2D eigenvalue weighted by molar-refractivity contribution is 6.06. The number of carbonyl (C=O) groups excluding carboxylic acids is 2. The Bertz CT molecular complexity index is 1140. The molecule has 1 aliphatic rings. The van der Waals surface area contributed by atoms with Crippen molar-refractivity contribution in [2.45, 2.75) is 18.9 Å². The van der Waals surface area contributed by atoms with Crippen LogP contribution in [0.25, 0.3) is 10.9 Å². The molecule has 2 amide bonds.